The third kappa shape index (κ3) is 23.5. The van der Waals surface area contributed by atoms with E-state index in [-0.39, 0.29) is 0 Å². The van der Waals surface area contributed by atoms with Crippen molar-refractivity contribution in [1.29, 1.82) is 0 Å². The fourth-order valence-electron chi connectivity index (χ4n) is 11.8. The molecule has 17 aromatic rings. The molecule has 0 fully saturated rings. The van der Waals surface area contributed by atoms with Gasteiger partial charge >= 0.3 is 713 Å². The summed E-state index contributed by atoms with van der Waals surface area (Å²) in [6, 6.07) is 113. The van der Waals surface area contributed by atoms with Crippen molar-refractivity contribution >= 4 is 145 Å². The van der Waals surface area contributed by atoms with E-state index in [9.17, 15) is 0 Å². The first-order valence-electron chi connectivity index (χ1n) is 36.9. The van der Waals surface area contributed by atoms with E-state index in [1.807, 2.05) is 302 Å². The van der Waals surface area contributed by atoms with Crippen molar-refractivity contribution in [2.45, 2.75) is 48.5 Å². The number of benzene rings is 12. The van der Waals surface area contributed by atoms with Crippen LogP contribution in [0.3, 0.4) is 0 Å². The van der Waals surface area contributed by atoms with Crippen LogP contribution in [0.1, 0.15) is 39.6 Å². The number of para-hydroxylation sites is 7. The van der Waals surface area contributed by atoms with Crippen LogP contribution in [0.5, 0.6) is 57.5 Å². The summed E-state index contributed by atoms with van der Waals surface area (Å²) in [4.78, 5) is 22.9. The second-order valence-corrected chi connectivity index (χ2v) is 33.2. The molecule has 114 heavy (non-hydrogen) atoms. The zero-order chi connectivity index (χ0) is 78.6. The third-order valence-electron chi connectivity index (χ3n) is 17.7. The van der Waals surface area contributed by atoms with Crippen LogP contribution in [0.25, 0.3) is 76.8 Å². The van der Waals surface area contributed by atoms with Gasteiger partial charge in [-0.2, -0.15) is 0 Å². The number of aromatic nitrogens is 5. The van der Waals surface area contributed by atoms with Crippen LogP contribution in [0, 0.1) is 48.5 Å². The molecule has 17 rings (SSSR count). The van der Waals surface area contributed by atoms with Gasteiger partial charge in [0.25, 0.3) is 0 Å². The fraction of sp³-hybridized carbons (Fsp3) is 0.0745. The Kier molecular flexibility index (Phi) is 29.5. The molecule has 12 aromatic carbocycles. The topological polar surface area (TPSA) is 157 Å². The molecule has 15 nitrogen and oxygen atoms in total. The number of hydrogen-bond donors (Lipinski definition) is 0. The van der Waals surface area contributed by atoms with Gasteiger partial charge in [-0.1, -0.05) is 0 Å². The van der Waals surface area contributed by atoms with Crippen LogP contribution in [0.2, 0.25) is 0 Å². The summed E-state index contributed by atoms with van der Waals surface area (Å²) in [5.74, 6) is 8.33. The zero-order valence-corrected chi connectivity index (χ0v) is 76.2. The van der Waals surface area contributed by atoms with Crippen molar-refractivity contribution in [1.82, 2.24) is 24.9 Å². The average Bonchev–Trinajstić information content (AvgIpc) is 0.837. The maximum absolute atomic E-state index is 6.00. The molecule has 5 heterocycles. The van der Waals surface area contributed by atoms with Gasteiger partial charge in [0.05, 0.1) is 0 Å². The molecular formula is C94H77Ga5N5O10. The maximum atomic E-state index is 6.00. The van der Waals surface area contributed by atoms with E-state index < -0.39 is 90.7 Å². The van der Waals surface area contributed by atoms with Crippen molar-refractivity contribution in [2.75, 3.05) is 0 Å². The van der Waals surface area contributed by atoms with Gasteiger partial charge < -0.3 is 0 Å². The van der Waals surface area contributed by atoms with Gasteiger partial charge in [-0.25, -0.2) is 0 Å². The minimum absolute atomic E-state index is 0.797. The molecule has 0 saturated heterocycles. The Morgan fingerprint density at radius 3 is 0.807 bits per heavy atom. The number of pyridine rings is 5. The van der Waals surface area contributed by atoms with Crippen LogP contribution in [-0.2, 0) is 0 Å². The predicted molar refractivity (Wildman–Crippen MR) is 460 cm³/mol. The van der Waals surface area contributed by atoms with E-state index >= 15 is 0 Å². The van der Waals surface area contributed by atoms with E-state index in [0.717, 1.165) is 152 Å². The van der Waals surface area contributed by atoms with Gasteiger partial charge in [0.2, 0.25) is 0 Å². The first-order valence-corrected chi connectivity index (χ1v) is 46.8. The number of rotatable bonds is 22. The molecule has 0 spiro atoms. The third-order valence-corrected chi connectivity index (χ3v) is 25.2. The molecule has 0 aliphatic rings. The monoisotopic (exact) mass is 1780 g/mol. The molecule has 20 heteroatoms. The predicted octanol–water partition coefficient (Wildman–Crippen LogP) is 21.6. The first kappa shape index (κ1) is 80.9. The Hall–Kier alpha value is -11.1. The van der Waals surface area contributed by atoms with Gasteiger partial charge in [-0.3, -0.25) is 0 Å². The van der Waals surface area contributed by atoms with E-state index in [2.05, 4.69) is 111 Å². The molecule has 0 unspecified atom stereocenters. The van der Waals surface area contributed by atoms with E-state index in [4.69, 9.17) is 35.3 Å². The molecule has 0 bridgehead atoms. The molecule has 553 valence electrons. The van der Waals surface area contributed by atoms with Gasteiger partial charge in [0.15, 0.2) is 0 Å². The number of hydrogen-bond acceptors (Lipinski definition) is 15. The average molecular weight is 1790 g/mol. The standard InChI is InChI=1S/2C12H10O.5C10H9NO.2C7H8O.C6H6O.5Ga/c13-12-8-4-7-11(9-12)10-5-2-1-3-6-10;13-12-8-6-11(7-9-12)10-4-2-1-3-5-10;5*1-7-5-6-8-3-2-4-9(12)10(8)11-7;1-6-2-4-7(8)5-3-6;1-6-4-2-3-5-7(6)8;7-6-4-2-1-3-5-6;;;;;/h2*1-9,13H;5*2-6,12H,1H3;2*2-5,8H,1H3;1-5,7H;;;;;/q;;;;;;;;;;5*+2/p-10. The first-order chi connectivity index (χ1) is 55.9. The molecule has 5 radical (unpaired) electrons. The van der Waals surface area contributed by atoms with Crippen molar-refractivity contribution in [3.63, 3.8) is 0 Å². The minimum atomic E-state index is -1.39. The summed E-state index contributed by atoms with van der Waals surface area (Å²) in [6.07, 6.45) is 0. The molecule has 0 aliphatic carbocycles. The summed E-state index contributed by atoms with van der Waals surface area (Å²) in [6.45, 7) is 14.0. The summed E-state index contributed by atoms with van der Waals surface area (Å²) in [5.41, 5.74) is 16.5. The molecule has 0 saturated carbocycles. The molecular weight excluding hydrogens is 1710 g/mol. The van der Waals surface area contributed by atoms with E-state index in [1.165, 1.54) is 22.3 Å². The van der Waals surface area contributed by atoms with Gasteiger partial charge in [0.1, 0.15) is 0 Å². The van der Waals surface area contributed by atoms with Gasteiger partial charge in [0, 0.05) is 0 Å². The molecule has 0 aliphatic heterocycles. The van der Waals surface area contributed by atoms with Crippen molar-refractivity contribution in [2.24, 2.45) is 0 Å². The zero-order valence-electron chi connectivity index (χ0n) is 64.0. The van der Waals surface area contributed by atoms with Crippen LogP contribution in [0.4, 0.5) is 0 Å². The summed E-state index contributed by atoms with van der Waals surface area (Å²) in [5, 5.41) is 5.43. The summed E-state index contributed by atoms with van der Waals surface area (Å²) < 4.78 is 58.7. The number of aryl methyl sites for hydroxylation is 7. The van der Waals surface area contributed by atoms with Crippen LogP contribution in [0.15, 0.2) is 340 Å². The normalized spacial score (nSPS) is 10.4. The fourth-order valence-corrected chi connectivity index (χ4v) is 18.3. The van der Waals surface area contributed by atoms with E-state index in [1.54, 1.807) is 0 Å². The Bertz CT molecular complexity index is 5990. The quantitative estimate of drug-likeness (QED) is 0.0590. The molecule has 0 amide bonds. The van der Waals surface area contributed by atoms with Gasteiger partial charge in [-0.05, 0) is 0 Å². The second kappa shape index (κ2) is 41.6. The molecule has 0 N–H and O–H groups in total. The summed E-state index contributed by atoms with van der Waals surface area (Å²) >= 11 is -6.66. The van der Waals surface area contributed by atoms with Crippen molar-refractivity contribution in [3.8, 4) is 79.7 Å². The van der Waals surface area contributed by atoms with Crippen LogP contribution >= 0.6 is 0 Å². The van der Waals surface area contributed by atoms with Gasteiger partial charge in [-0.15, -0.1) is 0 Å². The summed E-state index contributed by atoms with van der Waals surface area (Å²) in [7, 11) is 0. The van der Waals surface area contributed by atoms with E-state index in [0.29, 0.717) is 0 Å². The van der Waals surface area contributed by atoms with Crippen LogP contribution < -0.4 is 35.3 Å². The van der Waals surface area contributed by atoms with Crippen molar-refractivity contribution < 1.29 is 35.3 Å². The number of nitrogens with zero attached hydrogens (tertiary/aromatic N) is 5. The molecule has 0 atom stereocenters. The SMILES string of the molecule is Cc1ccc([O][Ga][O]c2cccc3ccc(C)nc23)cc1.Cc1ccc2cccc([O][Ga][O]c3ccc(-c4ccccc4)cc3)c2n1.Cc1ccc2cccc([O][Ga][O]c3cccc(-c4ccccc4)c3)c2n1.Cc1ccc2cccc([O][Ga][O]c3ccccc3)c2n1.Cc1ccc2cccc([O][Ga][O]c3ccccc3C)c2n1. The second-order valence-electron chi connectivity index (χ2n) is 26.2. The Balaban J connectivity index is 0.000000125. The van der Waals surface area contributed by atoms with Crippen molar-refractivity contribution in [3.05, 3.63) is 379 Å². The Labute approximate surface area is 706 Å². The Morgan fingerprint density at radius 2 is 0.439 bits per heavy atom. The van der Waals surface area contributed by atoms with Crippen LogP contribution in [-0.4, -0.2) is 116 Å². The Morgan fingerprint density at radius 1 is 0.184 bits per heavy atom. The molecule has 5 aromatic heterocycles. The number of fused-ring (bicyclic) bond motifs is 5.